The Morgan fingerprint density at radius 3 is 2.53 bits per heavy atom. The van der Waals surface area contributed by atoms with Crippen LogP contribution >= 0.6 is 11.8 Å². The Hall–Kier alpha value is 0.130. The summed E-state index contributed by atoms with van der Waals surface area (Å²) in [4.78, 5) is 0. The molecule has 92 valence electrons. The Morgan fingerprint density at radius 1 is 1.47 bits per heavy atom. The van der Waals surface area contributed by atoms with E-state index in [0.717, 1.165) is 0 Å². The Morgan fingerprint density at radius 2 is 2.07 bits per heavy atom. The first kappa shape index (κ1) is 15.1. The molecular weight excluding hydrogens is 216 g/mol. The number of halogens is 1. The lowest BCUT2D eigenvalue weighted by molar-refractivity contribution is 0.0217. The van der Waals surface area contributed by atoms with Crippen LogP contribution < -0.4 is 5.32 Å². The van der Waals surface area contributed by atoms with Crippen LogP contribution in [0.4, 0.5) is 0 Å². The minimum atomic E-state index is -0.686. The van der Waals surface area contributed by atoms with Crippen LogP contribution in [0.3, 0.4) is 0 Å². The summed E-state index contributed by atoms with van der Waals surface area (Å²) >= 11 is 5.78. The summed E-state index contributed by atoms with van der Waals surface area (Å²) in [6.45, 7) is 7.59. The molecule has 0 fully saturated rings. The third-order valence-corrected chi connectivity index (χ3v) is 3.13. The molecule has 0 saturated heterocycles. The standard InChI is InChI=1S/C10H23ClN2O2/c1-4-10(3,15)9(2)12-5-6-13(11)7-8-14/h9,12,14-15H,4-8H2,1-3H3. The van der Waals surface area contributed by atoms with Crippen molar-refractivity contribution in [2.45, 2.75) is 38.8 Å². The molecule has 0 rings (SSSR count). The molecule has 0 saturated carbocycles. The normalized spacial score (nSPS) is 17.8. The van der Waals surface area contributed by atoms with Crippen LogP contribution in [0, 0.1) is 0 Å². The van der Waals surface area contributed by atoms with E-state index in [0.29, 0.717) is 26.1 Å². The lowest BCUT2D eigenvalue weighted by Gasteiger charge is -2.30. The van der Waals surface area contributed by atoms with Crippen molar-refractivity contribution in [2.24, 2.45) is 0 Å². The Labute approximate surface area is 97.3 Å². The summed E-state index contributed by atoms with van der Waals surface area (Å²) in [7, 11) is 0. The molecule has 0 radical (unpaired) electrons. The van der Waals surface area contributed by atoms with E-state index < -0.39 is 5.60 Å². The Bertz CT molecular complexity index is 168. The maximum atomic E-state index is 9.91. The van der Waals surface area contributed by atoms with Crippen molar-refractivity contribution in [1.29, 1.82) is 0 Å². The number of hydrogen-bond donors (Lipinski definition) is 3. The molecule has 2 atom stereocenters. The van der Waals surface area contributed by atoms with E-state index in [1.165, 1.54) is 4.42 Å². The molecule has 4 nitrogen and oxygen atoms in total. The number of rotatable bonds is 8. The molecule has 0 aliphatic rings. The average molecular weight is 239 g/mol. The zero-order valence-electron chi connectivity index (χ0n) is 9.83. The molecule has 2 unspecified atom stereocenters. The molecule has 0 heterocycles. The van der Waals surface area contributed by atoms with Crippen molar-refractivity contribution < 1.29 is 10.2 Å². The number of hydrogen-bond acceptors (Lipinski definition) is 4. The van der Waals surface area contributed by atoms with Gasteiger partial charge in [-0.1, -0.05) is 6.92 Å². The zero-order valence-corrected chi connectivity index (χ0v) is 10.6. The van der Waals surface area contributed by atoms with Gasteiger partial charge in [-0.25, -0.2) is 4.42 Å². The molecule has 5 heteroatoms. The van der Waals surface area contributed by atoms with Gasteiger partial charge in [0.05, 0.1) is 12.2 Å². The summed E-state index contributed by atoms with van der Waals surface area (Å²) in [5.74, 6) is 0. The topological polar surface area (TPSA) is 55.7 Å². The molecule has 0 amide bonds. The fourth-order valence-corrected chi connectivity index (χ4v) is 1.31. The highest BCUT2D eigenvalue weighted by Gasteiger charge is 2.25. The highest BCUT2D eigenvalue weighted by molar-refractivity contribution is 6.13. The zero-order chi connectivity index (χ0) is 11.9. The summed E-state index contributed by atoms with van der Waals surface area (Å²) in [5, 5.41) is 21.7. The summed E-state index contributed by atoms with van der Waals surface area (Å²) in [6.07, 6.45) is 0.711. The van der Waals surface area contributed by atoms with E-state index in [9.17, 15) is 5.11 Å². The van der Waals surface area contributed by atoms with Crippen molar-refractivity contribution in [3.63, 3.8) is 0 Å². The van der Waals surface area contributed by atoms with E-state index in [-0.39, 0.29) is 12.6 Å². The predicted molar refractivity (Wildman–Crippen MR) is 62.9 cm³/mol. The molecule has 0 aliphatic carbocycles. The van der Waals surface area contributed by atoms with Crippen molar-refractivity contribution in [3.8, 4) is 0 Å². The fourth-order valence-electron chi connectivity index (χ4n) is 1.15. The molecule has 0 aromatic rings. The molecule has 15 heavy (non-hydrogen) atoms. The van der Waals surface area contributed by atoms with E-state index in [1.54, 1.807) is 0 Å². The summed E-state index contributed by atoms with van der Waals surface area (Å²) in [6, 6.07) is 0.0293. The number of nitrogens with zero attached hydrogens (tertiary/aromatic N) is 1. The number of aliphatic hydroxyl groups is 2. The highest BCUT2D eigenvalue weighted by Crippen LogP contribution is 2.13. The van der Waals surface area contributed by atoms with Crippen LogP contribution in [0.15, 0.2) is 0 Å². The van der Waals surface area contributed by atoms with Crippen LogP contribution in [0.25, 0.3) is 0 Å². The van der Waals surface area contributed by atoms with Crippen LogP contribution in [-0.4, -0.2) is 52.5 Å². The van der Waals surface area contributed by atoms with Gasteiger partial charge in [0, 0.05) is 25.7 Å². The molecule has 3 N–H and O–H groups in total. The van der Waals surface area contributed by atoms with E-state index >= 15 is 0 Å². The van der Waals surface area contributed by atoms with Crippen LogP contribution in [0.1, 0.15) is 27.2 Å². The van der Waals surface area contributed by atoms with Crippen molar-refractivity contribution in [2.75, 3.05) is 26.2 Å². The lowest BCUT2D eigenvalue weighted by atomic mass is 9.95. The predicted octanol–water partition coefficient (Wildman–Crippen LogP) is 0.574. The van der Waals surface area contributed by atoms with Crippen LogP contribution in [0.5, 0.6) is 0 Å². The summed E-state index contributed by atoms with van der Waals surface area (Å²) < 4.78 is 1.53. The van der Waals surface area contributed by atoms with E-state index in [2.05, 4.69) is 5.32 Å². The Kier molecular flexibility index (Phi) is 7.48. The second kappa shape index (κ2) is 7.41. The number of aliphatic hydroxyl groups excluding tert-OH is 1. The second-order valence-corrected chi connectivity index (χ2v) is 4.50. The van der Waals surface area contributed by atoms with Gasteiger partial charge < -0.3 is 15.5 Å². The summed E-state index contributed by atoms with van der Waals surface area (Å²) in [5.41, 5.74) is -0.686. The molecular formula is C10H23ClN2O2. The third kappa shape index (κ3) is 6.33. The SMILES string of the molecule is CCC(C)(O)C(C)NCCN(Cl)CCO. The maximum absolute atomic E-state index is 9.91. The fraction of sp³-hybridized carbons (Fsp3) is 1.00. The van der Waals surface area contributed by atoms with Crippen molar-refractivity contribution in [3.05, 3.63) is 0 Å². The average Bonchev–Trinajstić information content (AvgIpc) is 2.18. The van der Waals surface area contributed by atoms with Gasteiger partial charge in [-0.15, -0.1) is 0 Å². The lowest BCUT2D eigenvalue weighted by Crippen LogP contribution is -2.48. The van der Waals surface area contributed by atoms with Gasteiger partial charge in [0.15, 0.2) is 0 Å². The highest BCUT2D eigenvalue weighted by atomic mass is 35.5. The van der Waals surface area contributed by atoms with Crippen LogP contribution in [0.2, 0.25) is 0 Å². The molecule has 0 aliphatic heterocycles. The van der Waals surface area contributed by atoms with Gasteiger partial charge in [-0.2, -0.15) is 0 Å². The first-order valence-electron chi connectivity index (χ1n) is 5.41. The van der Waals surface area contributed by atoms with Gasteiger partial charge in [0.1, 0.15) is 0 Å². The minimum absolute atomic E-state index is 0.0293. The van der Waals surface area contributed by atoms with Crippen molar-refractivity contribution >= 4 is 11.8 Å². The van der Waals surface area contributed by atoms with Crippen LogP contribution in [-0.2, 0) is 0 Å². The van der Waals surface area contributed by atoms with E-state index in [1.807, 2.05) is 20.8 Å². The smallest absolute Gasteiger partial charge is 0.0766 e. The van der Waals surface area contributed by atoms with Gasteiger partial charge >= 0.3 is 0 Å². The Balaban J connectivity index is 3.67. The third-order valence-electron chi connectivity index (χ3n) is 2.80. The minimum Gasteiger partial charge on any atom is -0.395 e. The van der Waals surface area contributed by atoms with Gasteiger partial charge in [0.2, 0.25) is 0 Å². The largest absolute Gasteiger partial charge is 0.395 e. The first-order valence-corrected chi connectivity index (χ1v) is 5.75. The quantitative estimate of drug-likeness (QED) is 0.542. The van der Waals surface area contributed by atoms with Gasteiger partial charge in [-0.3, -0.25) is 0 Å². The van der Waals surface area contributed by atoms with E-state index in [4.69, 9.17) is 16.9 Å². The van der Waals surface area contributed by atoms with Crippen molar-refractivity contribution in [1.82, 2.24) is 9.74 Å². The second-order valence-electron chi connectivity index (χ2n) is 4.02. The van der Waals surface area contributed by atoms with Gasteiger partial charge in [-0.05, 0) is 32.0 Å². The molecule has 0 aromatic carbocycles. The molecule has 0 spiro atoms. The molecule has 0 aromatic heterocycles. The molecule has 0 bridgehead atoms. The monoisotopic (exact) mass is 238 g/mol. The number of nitrogens with one attached hydrogen (secondary N) is 1. The first-order chi connectivity index (χ1) is 6.94. The van der Waals surface area contributed by atoms with Gasteiger partial charge in [0.25, 0.3) is 0 Å². The maximum Gasteiger partial charge on any atom is 0.0766 e.